The molecule has 0 saturated heterocycles. The van der Waals surface area contributed by atoms with Crippen molar-refractivity contribution in [2.24, 2.45) is 5.73 Å². The van der Waals surface area contributed by atoms with Crippen LogP contribution in [-0.2, 0) is 4.79 Å². The van der Waals surface area contributed by atoms with Crippen molar-refractivity contribution in [2.45, 2.75) is 31.2 Å². The second kappa shape index (κ2) is 6.18. The Morgan fingerprint density at radius 3 is 2.87 bits per heavy atom. The molecule has 1 fully saturated rings. The zero-order valence-corrected chi connectivity index (χ0v) is 9.94. The van der Waals surface area contributed by atoms with E-state index in [9.17, 15) is 4.79 Å². The molecular formula is C11H20N2OS. The fourth-order valence-electron chi connectivity index (χ4n) is 1.62. The Balaban J connectivity index is 2.01. The molecule has 1 aliphatic rings. The summed E-state index contributed by atoms with van der Waals surface area (Å²) < 4.78 is 0. The number of nitrogens with one attached hydrogen (secondary N) is 1. The summed E-state index contributed by atoms with van der Waals surface area (Å²) in [5.41, 5.74) is 5.78. The smallest absolute Gasteiger partial charge is 0.221 e. The molecule has 3 nitrogen and oxygen atoms in total. The van der Waals surface area contributed by atoms with Crippen molar-refractivity contribution in [1.82, 2.24) is 5.32 Å². The molecule has 0 radical (unpaired) electrons. The van der Waals surface area contributed by atoms with E-state index in [1.54, 1.807) is 11.8 Å². The van der Waals surface area contributed by atoms with Gasteiger partial charge in [0, 0.05) is 30.0 Å². The zero-order valence-electron chi connectivity index (χ0n) is 9.13. The van der Waals surface area contributed by atoms with Crippen LogP contribution < -0.4 is 11.1 Å². The minimum Gasteiger partial charge on any atom is -0.355 e. The molecule has 3 N–H and O–H groups in total. The van der Waals surface area contributed by atoms with Crippen LogP contribution in [0.5, 0.6) is 0 Å². The van der Waals surface area contributed by atoms with Crippen molar-refractivity contribution in [2.75, 3.05) is 18.1 Å². The van der Waals surface area contributed by atoms with E-state index < -0.39 is 0 Å². The molecule has 15 heavy (non-hydrogen) atoms. The molecule has 0 aromatic rings. The molecule has 1 saturated carbocycles. The number of amides is 1. The maximum Gasteiger partial charge on any atom is 0.221 e. The molecule has 1 amide bonds. The number of hydrogen-bond acceptors (Lipinski definition) is 3. The lowest BCUT2D eigenvalue weighted by molar-refractivity contribution is -0.122. The van der Waals surface area contributed by atoms with E-state index in [-0.39, 0.29) is 11.4 Å². The normalized spacial score (nSPS) is 17.9. The van der Waals surface area contributed by atoms with Crippen LogP contribution in [0.4, 0.5) is 0 Å². The van der Waals surface area contributed by atoms with E-state index in [0.29, 0.717) is 6.42 Å². The molecule has 1 aliphatic carbocycles. The molecule has 0 atom stereocenters. The summed E-state index contributed by atoms with van der Waals surface area (Å²) in [5, 5.41) is 2.89. The van der Waals surface area contributed by atoms with Crippen LogP contribution in [0.3, 0.4) is 0 Å². The quantitative estimate of drug-likeness (QED) is 0.510. The summed E-state index contributed by atoms with van der Waals surface area (Å²) in [6, 6.07) is 0. The van der Waals surface area contributed by atoms with Gasteiger partial charge in [0.25, 0.3) is 0 Å². The van der Waals surface area contributed by atoms with Crippen LogP contribution in [0.1, 0.15) is 25.7 Å². The zero-order chi connectivity index (χ0) is 11.1. The van der Waals surface area contributed by atoms with Gasteiger partial charge in [-0.25, -0.2) is 0 Å². The number of hydrogen-bond donors (Lipinski definition) is 2. The molecule has 0 spiro atoms. The standard InChI is InChI=1S/C11H20N2OS/c1-2-7-15-8-6-13-10(14)9-11(12)4-3-5-11/h2H,1,3-9,12H2,(H,13,14). The Labute approximate surface area is 95.9 Å². The highest BCUT2D eigenvalue weighted by Crippen LogP contribution is 2.31. The second-order valence-electron chi connectivity index (χ2n) is 4.11. The van der Waals surface area contributed by atoms with Gasteiger partial charge in [-0.05, 0) is 19.3 Å². The Morgan fingerprint density at radius 2 is 2.33 bits per heavy atom. The van der Waals surface area contributed by atoms with Crippen molar-refractivity contribution in [3.8, 4) is 0 Å². The van der Waals surface area contributed by atoms with Crippen LogP contribution in [0, 0.1) is 0 Å². The molecule has 4 heteroatoms. The fraction of sp³-hybridized carbons (Fsp3) is 0.727. The molecule has 0 heterocycles. The third kappa shape index (κ3) is 4.71. The van der Waals surface area contributed by atoms with Crippen molar-refractivity contribution in [3.05, 3.63) is 12.7 Å². The first-order chi connectivity index (χ1) is 7.16. The van der Waals surface area contributed by atoms with Gasteiger partial charge in [-0.3, -0.25) is 4.79 Å². The van der Waals surface area contributed by atoms with Crippen molar-refractivity contribution in [3.63, 3.8) is 0 Å². The number of thioether (sulfide) groups is 1. The highest BCUT2D eigenvalue weighted by molar-refractivity contribution is 7.99. The summed E-state index contributed by atoms with van der Waals surface area (Å²) in [6.07, 6.45) is 5.51. The van der Waals surface area contributed by atoms with E-state index in [0.717, 1.165) is 30.9 Å². The first kappa shape index (κ1) is 12.6. The van der Waals surface area contributed by atoms with E-state index in [4.69, 9.17) is 5.73 Å². The van der Waals surface area contributed by atoms with Gasteiger partial charge in [0.1, 0.15) is 0 Å². The molecule has 0 aromatic heterocycles. The van der Waals surface area contributed by atoms with Gasteiger partial charge in [-0.1, -0.05) is 6.08 Å². The van der Waals surface area contributed by atoms with Gasteiger partial charge in [0.2, 0.25) is 5.91 Å². The Morgan fingerprint density at radius 1 is 1.60 bits per heavy atom. The van der Waals surface area contributed by atoms with Crippen LogP contribution >= 0.6 is 11.8 Å². The topological polar surface area (TPSA) is 55.1 Å². The summed E-state index contributed by atoms with van der Waals surface area (Å²) in [7, 11) is 0. The lowest BCUT2D eigenvalue weighted by atomic mass is 9.75. The largest absolute Gasteiger partial charge is 0.355 e. The third-order valence-corrected chi connectivity index (χ3v) is 3.63. The third-order valence-electron chi connectivity index (χ3n) is 2.67. The average Bonchev–Trinajstić information content (AvgIpc) is 2.15. The summed E-state index contributed by atoms with van der Waals surface area (Å²) in [6.45, 7) is 4.37. The predicted octanol–water partition coefficient (Wildman–Crippen LogP) is 1.29. The van der Waals surface area contributed by atoms with Crippen LogP contribution in [0.15, 0.2) is 12.7 Å². The van der Waals surface area contributed by atoms with Gasteiger partial charge < -0.3 is 11.1 Å². The number of rotatable bonds is 7. The molecule has 0 aliphatic heterocycles. The monoisotopic (exact) mass is 228 g/mol. The highest BCUT2D eigenvalue weighted by Gasteiger charge is 2.34. The summed E-state index contributed by atoms with van der Waals surface area (Å²) in [4.78, 5) is 11.5. The molecule has 0 bridgehead atoms. The van der Waals surface area contributed by atoms with E-state index in [1.807, 2.05) is 6.08 Å². The first-order valence-corrected chi connectivity index (χ1v) is 6.56. The SMILES string of the molecule is C=CCSCCNC(=O)CC1(N)CCC1. The lowest BCUT2D eigenvalue weighted by Crippen LogP contribution is -2.50. The van der Waals surface area contributed by atoms with E-state index in [1.165, 1.54) is 6.42 Å². The lowest BCUT2D eigenvalue weighted by Gasteiger charge is -2.37. The van der Waals surface area contributed by atoms with Gasteiger partial charge in [0.05, 0.1) is 0 Å². The Bertz CT molecular complexity index is 227. The molecular weight excluding hydrogens is 208 g/mol. The molecule has 1 rings (SSSR count). The number of nitrogens with two attached hydrogens (primary N) is 1. The first-order valence-electron chi connectivity index (χ1n) is 5.40. The van der Waals surface area contributed by atoms with Crippen molar-refractivity contribution < 1.29 is 4.79 Å². The molecule has 86 valence electrons. The van der Waals surface area contributed by atoms with Crippen LogP contribution in [0.2, 0.25) is 0 Å². The average molecular weight is 228 g/mol. The minimum atomic E-state index is -0.196. The summed E-state index contributed by atoms with van der Waals surface area (Å²) in [5.74, 6) is 1.97. The van der Waals surface area contributed by atoms with Crippen LogP contribution in [-0.4, -0.2) is 29.5 Å². The van der Waals surface area contributed by atoms with Gasteiger partial charge in [0.15, 0.2) is 0 Å². The van der Waals surface area contributed by atoms with Gasteiger partial charge >= 0.3 is 0 Å². The molecule has 0 aromatic carbocycles. The fourth-order valence-corrected chi connectivity index (χ4v) is 2.20. The minimum absolute atomic E-state index is 0.0939. The Kier molecular flexibility index (Phi) is 5.19. The maximum absolute atomic E-state index is 11.5. The Hall–Kier alpha value is -0.480. The predicted molar refractivity (Wildman–Crippen MR) is 65.9 cm³/mol. The maximum atomic E-state index is 11.5. The van der Waals surface area contributed by atoms with Gasteiger partial charge in [-0.2, -0.15) is 11.8 Å². The number of carbonyl (C=O) groups excluding carboxylic acids is 1. The van der Waals surface area contributed by atoms with Crippen molar-refractivity contribution in [1.29, 1.82) is 0 Å². The number of carbonyl (C=O) groups is 1. The van der Waals surface area contributed by atoms with E-state index in [2.05, 4.69) is 11.9 Å². The van der Waals surface area contributed by atoms with E-state index >= 15 is 0 Å². The molecule has 0 unspecified atom stereocenters. The second-order valence-corrected chi connectivity index (χ2v) is 5.26. The summed E-state index contributed by atoms with van der Waals surface area (Å²) >= 11 is 1.77. The van der Waals surface area contributed by atoms with Crippen molar-refractivity contribution >= 4 is 17.7 Å². The highest BCUT2D eigenvalue weighted by atomic mass is 32.2. The van der Waals surface area contributed by atoms with Crippen LogP contribution in [0.25, 0.3) is 0 Å². The van der Waals surface area contributed by atoms with Gasteiger partial charge in [-0.15, -0.1) is 6.58 Å².